The molecule has 0 N–H and O–H groups in total. The molecule has 0 aliphatic carbocycles. The maximum absolute atomic E-state index is 6.12. The molecule has 0 saturated heterocycles. The molecule has 0 heterocycles. The smallest absolute Gasteiger partial charge is 0.0357 e. The molecular weight excluding hydrogens is 160 g/mol. The van der Waals surface area contributed by atoms with Gasteiger partial charge in [0.25, 0.3) is 0 Å². The maximum atomic E-state index is 6.12. The fraction of sp³-hybridized carbons (Fsp3) is 0.750. The molecular formula is C8H17ClSi. The molecule has 1 unspecified atom stereocenters. The molecule has 2 heteroatoms. The summed E-state index contributed by atoms with van der Waals surface area (Å²) in [5.41, 5.74) is 0. The first kappa shape index (κ1) is 10.2. The van der Waals surface area contributed by atoms with E-state index in [2.05, 4.69) is 20.4 Å². The van der Waals surface area contributed by atoms with Gasteiger partial charge in [0.05, 0.1) is 0 Å². The molecule has 0 fully saturated rings. The molecule has 0 amide bonds. The first-order chi connectivity index (χ1) is 4.48. The van der Waals surface area contributed by atoms with E-state index in [4.69, 9.17) is 11.6 Å². The van der Waals surface area contributed by atoms with E-state index in [1.54, 1.807) is 0 Å². The molecule has 60 valence electrons. The van der Waals surface area contributed by atoms with Gasteiger partial charge in [-0.2, -0.15) is 0 Å². The Morgan fingerprint density at radius 2 is 2.20 bits per heavy atom. The second-order valence-corrected chi connectivity index (χ2v) is 6.80. The van der Waals surface area contributed by atoms with Crippen molar-refractivity contribution >= 4 is 21.8 Å². The van der Waals surface area contributed by atoms with E-state index < -0.39 is 0 Å². The summed E-state index contributed by atoms with van der Waals surface area (Å²) in [5, 5.41) is 0.696. The monoisotopic (exact) mass is 176 g/mol. The topological polar surface area (TPSA) is 0 Å². The lowest BCUT2D eigenvalue weighted by Crippen LogP contribution is -2.17. The minimum Gasteiger partial charge on any atom is -0.123 e. The van der Waals surface area contributed by atoms with E-state index in [1.807, 2.05) is 6.08 Å². The first-order valence-corrected chi connectivity index (χ1v) is 5.17. The Labute approximate surface area is 72.1 Å². The second kappa shape index (κ2) is 4.19. The summed E-state index contributed by atoms with van der Waals surface area (Å²) in [6.07, 6.45) is 4.05. The molecule has 1 atom stereocenters. The molecule has 0 aromatic carbocycles. The van der Waals surface area contributed by atoms with Gasteiger partial charge in [0.15, 0.2) is 0 Å². The van der Waals surface area contributed by atoms with Gasteiger partial charge < -0.3 is 0 Å². The van der Waals surface area contributed by atoms with Gasteiger partial charge in [-0.1, -0.05) is 19.9 Å². The van der Waals surface area contributed by atoms with Crippen molar-refractivity contribution in [3.8, 4) is 0 Å². The highest BCUT2D eigenvalue weighted by Crippen LogP contribution is 2.31. The van der Waals surface area contributed by atoms with Gasteiger partial charge >= 0.3 is 0 Å². The Bertz CT molecular complexity index is 104. The van der Waals surface area contributed by atoms with Gasteiger partial charge in [0.2, 0.25) is 0 Å². The van der Waals surface area contributed by atoms with Crippen LogP contribution in [0.5, 0.6) is 0 Å². The number of halogens is 1. The van der Waals surface area contributed by atoms with Crippen molar-refractivity contribution < 1.29 is 0 Å². The average molecular weight is 177 g/mol. The maximum Gasteiger partial charge on any atom is 0.0357 e. The third-order valence-electron chi connectivity index (χ3n) is 1.56. The number of rotatable bonds is 4. The van der Waals surface area contributed by atoms with E-state index in [9.17, 15) is 0 Å². The Balaban J connectivity index is 3.61. The van der Waals surface area contributed by atoms with Gasteiger partial charge in [0, 0.05) is 15.6 Å². The molecule has 0 aromatic rings. The SMILES string of the molecule is C=CCCC(Cl)C(C)(C)[SiH3]. The first-order valence-electron chi connectivity index (χ1n) is 3.73. The Morgan fingerprint density at radius 3 is 2.50 bits per heavy atom. The van der Waals surface area contributed by atoms with Crippen molar-refractivity contribution in [3.05, 3.63) is 12.7 Å². The lowest BCUT2D eigenvalue weighted by Gasteiger charge is -2.24. The summed E-state index contributed by atoms with van der Waals surface area (Å²) in [6, 6.07) is 0. The van der Waals surface area contributed by atoms with Gasteiger partial charge in [-0.15, -0.1) is 18.2 Å². The molecule has 0 aliphatic heterocycles. The molecule has 0 saturated carbocycles. The van der Waals surface area contributed by atoms with Crippen LogP contribution in [0.3, 0.4) is 0 Å². The fourth-order valence-electron chi connectivity index (χ4n) is 0.697. The van der Waals surface area contributed by atoms with Crippen molar-refractivity contribution in [3.63, 3.8) is 0 Å². The van der Waals surface area contributed by atoms with Crippen LogP contribution < -0.4 is 0 Å². The van der Waals surface area contributed by atoms with Crippen molar-refractivity contribution in [2.75, 3.05) is 0 Å². The summed E-state index contributed by atoms with van der Waals surface area (Å²) in [7, 11) is 1.16. The molecule has 10 heavy (non-hydrogen) atoms. The van der Waals surface area contributed by atoms with E-state index in [-0.39, 0.29) is 0 Å². The summed E-state index contributed by atoms with van der Waals surface area (Å²) in [6.45, 7) is 8.11. The second-order valence-electron chi connectivity index (χ2n) is 3.70. The molecule has 0 spiro atoms. The Morgan fingerprint density at radius 1 is 1.70 bits per heavy atom. The highest BCUT2D eigenvalue weighted by atomic mass is 35.5. The lowest BCUT2D eigenvalue weighted by molar-refractivity contribution is 0.592. The Hall–Kier alpha value is 0.247. The van der Waals surface area contributed by atoms with Crippen molar-refractivity contribution in [1.29, 1.82) is 0 Å². The molecule has 0 radical (unpaired) electrons. The minimum atomic E-state index is 0.331. The van der Waals surface area contributed by atoms with Crippen LogP contribution in [0.25, 0.3) is 0 Å². The van der Waals surface area contributed by atoms with Crippen LogP contribution in [0.15, 0.2) is 12.7 Å². The molecule has 0 rings (SSSR count). The van der Waals surface area contributed by atoms with Crippen LogP contribution >= 0.6 is 11.6 Å². The number of alkyl halides is 1. The summed E-state index contributed by atoms with van der Waals surface area (Å²) < 4.78 is 0. The van der Waals surface area contributed by atoms with Gasteiger partial charge in [0.1, 0.15) is 0 Å². The predicted octanol–water partition coefficient (Wildman–Crippen LogP) is 2.12. The van der Waals surface area contributed by atoms with Crippen LogP contribution in [0, 0.1) is 0 Å². The number of hydrogen-bond acceptors (Lipinski definition) is 0. The van der Waals surface area contributed by atoms with Crippen LogP contribution in [0.4, 0.5) is 0 Å². The zero-order valence-electron chi connectivity index (χ0n) is 7.15. The Kier molecular flexibility index (Phi) is 4.30. The highest BCUT2D eigenvalue weighted by molar-refractivity contribution is 6.28. The summed E-state index contributed by atoms with van der Waals surface area (Å²) >= 11 is 6.12. The van der Waals surface area contributed by atoms with E-state index in [1.165, 1.54) is 0 Å². The van der Waals surface area contributed by atoms with E-state index in [0.717, 1.165) is 23.1 Å². The summed E-state index contributed by atoms with van der Waals surface area (Å²) in [5.74, 6) is 0. The average Bonchev–Trinajstić information content (AvgIpc) is 1.80. The van der Waals surface area contributed by atoms with Gasteiger partial charge in [-0.3, -0.25) is 0 Å². The molecule has 0 aliphatic rings. The van der Waals surface area contributed by atoms with Gasteiger partial charge in [-0.05, 0) is 17.9 Å². The molecule has 0 aromatic heterocycles. The molecule has 0 nitrogen and oxygen atoms in total. The lowest BCUT2D eigenvalue weighted by atomic mass is 10.0. The fourth-order valence-corrected chi connectivity index (χ4v) is 1.11. The van der Waals surface area contributed by atoms with Crippen LogP contribution in [-0.2, 0) is 0 Å². The van der Waals surface area contributed by atoms with E-state index >= 15 is 0 Å². The standard InChI is InChI=1S/C8H17ClSi/c1-4-5-6-7(9)8(2,3)10/h4,7H,1,5-6H2,2-3,10H3. The zero-order valence-corrected chi connectivity index (χ0v) is 9.91. The number of hydrogen-bond donors (Lipinski definition) is 0. The van der Waals surface area contributed by atoms with Crippen molar-refractivity contribution in [1.82, 2.24) is 0 Å². The van der Waals surface area contributed by atoms with Crippen molar-refractivity contribution in [2.24, 2.45) is 0 Å². The minimum absolute atomic E-state index is 0.331. The van der Waals surface area contributed by atoms with E-state index in [0.29, 0.717) is 10.4 Å². The zero-order chi connectivity index (χ0) is 8.20. The third-order valence-corrected chi connectivity index (χ3v) is 3.50. The summed E-state index contributed by atoms with van der Waals surface area (Å²) in [4.78, 5) is 0. The number of allylic oxidation sites excluding steroid dienone is 1. The predicted molar refractivity (Wildman–Crippen MR) is 53.1 cm³/mol. The molecule has 0 bridgehead atoms. The van der Waals surface area contributed by atoms with Crippen LogP contribution in [-0.4, -0.2) is 15.6 Å². The van der Waals surface area contributed by atoms with Crippen LogP contribution in [0.1, 0.15) is 26.7 Å². The van der Waals surface area contributed by atoms with Crippen molar-refractivity contribution in [2.45, 2.75) is 37.1 Å². The quantitative estimate of drug-likeness (QED) is 0.350. The highest BCUT2D eigenvalue weighted by Gasteiger charge is 2.20. The van der Waals surface area contributed by atoms with Gasteiger partial charge in [-0.25, -0.2) is 0 Å². The van der Waals surface area contributed by atoms with Crippen LogP contribution in [0.2, 0.25) is 5.04 Å². The third kappa shape index (κ3) is 4.12. The normalized spacial score (nSPS) is 15.1. The largest absolute Gasteiger partial charge is 0.123 e.